The Hall–Kier alpha value is -3.66. The number of nitrogens with one attached hydrogen (secondary N) is 3. The molecule has 33 heavy (non-hydrogen) atoms. The van der Waals surface area contributed by atoms with Gasteiger partial charge in [-0.15, -0.1) is 0 Å². The summed E-state index contributed by atoms with van der Waals surface area (Å²) in [6.07, 6.45) is -4.72. The Balaban J connectivity index is 2.13. The summed E-state index contributed by atoms with van der Waals surface area (Å²) in [6.45, 7) is 1.59. The molecule has 1 aliphatic heterocycles. The number of aromatic amines is 2. The van der Waals surface area contributed by atoms with Gasteiger partial charge < -0.3 is 15.0 Å². The number of esters is 1. The van der Waals surface area contributed by atoms with Crippen LogP contribution in [0.5, 0.6) is 0 Å². The lowest BCUT2D eigenvalue weighted by molar-refractivity contribution is -0.140. The molecule has 0 saturated heterocycles. The van der Waals surface area contributed by atoms with Crippen LogP contribution in [0.3, 0.4) is 0 Å². The smallest absolute Gasteiger partial charge is 0.416 e. The van der Waals surface area contributed by atoms with Gasteiger partial charge in [0.05, 0.1) is 34.9 Å². The molecule has 1 aromatic heterocycles. The van der Waals surface area contributed by atoms with E-state index in [-0.39, 0.29) is 39.6 Å². The minimum absolute atomic E-state index is 0.00151. The van der Waals surface area contributed by atoms with Gasteiger partial charge in [0.2, 0.25) is 0 Å². The van der Waals surface area contributed by atoms with E-state index >= 15 is 0 Å². The van der Waals surface area contributed by atoms with Gasteiger partial charge in [-0.3, -0.25) is 9.78 Å². The Bertz CT molecular complexity index is 1360. The molecule has 10 heteroatoms. The zero-order valence-corrected chi connectivity index (χ0v) is 18.1. The highest BCUT2D eigenvalue weighted by atomic mass is 32.1. The third-order valence-corrected chi connectivity index (χ3v) is 5.42. The lowest BCUT2D eigenvalue weighted by atomic mass is 9.79. The summed E-state index contributed by atoms with van der Waals surface area (Å²) >= 11 is 5.06. The monoisotopic (exact) mass is 473 g/mol. The SMILES string of the molecule is CCOC(=O)C1=C(c2ccccc2)Nc2[nH]c(=S)[nH]c(=O)c2C1c1ccccc1C(F)(F)F. The first-order valence-electron chi connectivity index (χ1n) is 9.98. The summed E-state index contributed by atoms with van der Waals surface area (Å²) in [7, 11) is 0. The number of aromatic nitrogens is 2. The fourth-order valence-electron chi connectivity index (χ4n) is 3.93. The van der Waals surface area contributed by atoms with E-state index in [4.69, 9.17) is 17.0 Å². The molecule has 0 spiro atoms. The van der Waals surface area contributed by atoms with Crippen molar-refractivity contribution in [1.82, 2.24) is 9.97 Å². The molecule has 1 aliphatic rings. The Morgan fingerprint density at radius 2 is 1.73 bits per heavy atom. The van der Waals surface area contributed by atoms with Gasteiger partial charge in [0.25, 0.3) is 5.56 Å². The largest absolute Gasteiger partial charge is 0.463 e. The number of anilines is 1. The van der Waals surface area contributed by atoms with Crippen LogP contribution in [-0.4, -0.2) is 22.5 Å². The van der Waals surface area contributed by atoms with Gasteiger partial charge in [-0.05, 0) is 36.3 Å². The van der Waals surface area contributed by atoms with Crippen molar-refractivity contribution in [3.8, 4) is 0 Å². The predicted octanol–water partition coefficient (Wildman–Crippen LogP) is 4.98. The normalized spacial score (nSPS) is 15.6. The highest BCUT2D eigenvalue weighted by molar-refractivity contribution is 7.71. The van der Waals surface area contributed by atoms with Crippen LogP contribution in [0.1, 0.15) is 35.1 Å². The van der Waals surface area contributed by atoms with Crippen LogP contribution in [0.2, 0.25) is 0 Å². The van der Waals surface area contributed by atoms with Crippen molar-refractivity contribution < 1.29 is 22.7 Å². The molecular weight excluding hydrogens is 455 g/mol. The number of alkyl halides is 3. The van der Waals surface area contributed by atoms with Gasteiger partial charge in [0, 0.05) is 0 Å². The standard InChI is InChI=1S/C23H18F3N3O3S/c1-2-32-21(31)16-15(13-10-6-7-11-14(13)23(24,25)26)17-19(28-22(33)29-20(17)30)27-18(16)12-8-4-3-5-9-12/h3-11,15H,2H2,1H3,(H3,27,28,29,30,33). The Kier molecular flexibility index (Phi) is 5.94. The second-order valence-corrected chi connectivity index (χ2v) is 7.62. The van der Waals surface area contributed by atoms with Gasteiger partial charge in [0.15, 0.2) is 4.77 Å². The fourth-order valence-corrected chi connectivity index (χ4v) is 4.13. The van der Waals surface area contributed by atoms with Crippen molar-refractivity contribution in [2.24, 2.45) is 0 Å². The van der Waals surface area contributed by atoms with Crippen LogP contribution in [0.4, 0.5) is 19.0 Å². The molecule has 0 fully saturated rings. The number of H-pyrrole nitrogens is 2. The van der Waals surface area contributed by atoms with E-state index in [0.717, 1.165) is 6.07 Å². The average Bonchev–Trinajstić information content (AvgIpc) is 2.77. The third kappa shape index (κ3) is 4.21. The number of carbonyl (C=O) groups is 1. The Morgan fingerprint density at radius 1 is 1.06 bits per heavy atom. The van der Waals surface area contributed by atoms with Gasteiger partial charge in [-0.25, -0.2) is 4.79 Å². The number of halogens is 3. The van der Waals surface area contributed by atoms with Crippen molar-refractivity contribution >= 4 is 29.7 Å². The van der Waals surface area contributed by atoms with Gasteiger partial charge in [0.1, 0.15) is 5.82 Å². The minimum atomic E-state index is -4.72. The molecule has 6 nitrogen and oxygen atoms in total. The molecule has 0 amide bonds. The molecule has 2 heterocycles. The Labute approximate surface area is 191 Å². The van der Waals surface area contributed by atoms with Crippen LogP contribution in [0.15, 0.2) is 65.0 Å². The van der Waals surface area contributed by atoms with Crippen molar-refractivity contribution in [2.45, 2.75) is 19.0 Å². The van der Waals surface area contributed by atoms with E-state index in [1.807, 2.05) is 0 Å². The Morgan fingerprint density at radius 3 is 2.39 bits per heavy atom. The highest BCUT2D eigenvalue weighted by Gasteiger charge is 2.42. The molecule has 3 aromatic rings. The molecule has 3 N–H and O–H groups in total. The summed E-state index contributed by atoms with van der Waals surface area (Å²) < 4.78 is 47.2. The summed E-state index contributed by atoms with van der Waals surface area (Å²) in [5, 5.41) is 3.00. The minimum Gasteiger partial charge on any atom is -0.463 e. The molecule has 0 aliphatic carbocycles. The van der Waals surface area contributed by atoms with Gasteiger partial charge in [-0.1, -0.05) is 48.5 Å². The lowest BCUT2D eigenvalue weighted by Gasteiger charge is -2.31. The van der Waals surface area contributed by atoms with E-state index in [2.05, 4.69) is 15.3 Å². The number of fused-ring (bicyclic) bond motifs is 1. The predicted molar refractivity (Wildman–Crippen MR) is 119 cm³/mol. The maximum atomic E-state index is 14.0. The lowest BCUT2D eigenvalue weighted by Crippen LogP contribution is -2.32. The summed E-state index contributed by atoms with van der Waals surface area (Å²) in [5.41, 5.74) is -1.37. The summed E-state index contributed by atoms with van der Waals surface area (Å²) in [5.74, 6) is -2.10. The topological polar surface area (TPSA) is 87.0 Å². The third-order valence-electron chi connectivity index (χ3n) is 5.21. The molecular formula is C23H18F3N3O3S. The number of ether oxygens (including phenoxy) is 1. The van der Waals surface area contributed by atoms with Crippen molar-refractivity contribution in [3.63, 3.8) is 0 Å². The first kappa shape index (κ1) is 22.5. The summed E-state index contributed by atoms with van der Waals surface area (Å²) in [4.78, 5) is 31.3. The van der Waals surface area contributed by atoms with Crippen molar-refractivity contribution in [3.05, 3.63) is 97.5 Å². The highest BCUT2D eigenvalue weighted by Crippen LogP contribution is 2.46. The van der Waals surface area contributed by atoms with Crippen molar-refractivity contribution in [1.29, 1.82) is 0 Å². The number of benzene rings is 2. The molecule has 1 atom stereocenters. The maximum absolute atomic E-state index is 14.0. The quantitative estimate of drug-likeness (QED) is 0.367. The summed E-state index contributed by atoms with van der Waals surface area (Å²) in [6, 6.07) is 13.5. The molecule has 0 bridgehead atoms. The van der Waals surface area contributed by atoms with Crippen molar-refractivity contribution in [2.75, 3.05) is 11.9 Å². The second kappa shape index (κ2) is 8.70. The second-order valence-electron chi connectivity index (χ2n) is 7.22. The fraction of sp³-hybridized carbons (Fsp3) is 0.174. The van der Waals surface area contributed by atoms with E-state index < -0.39 is 29.2 Å². The van der Waals surface area contributed by atoms with E-state index in [0.29, 0.717) is 5.56 Å². The van der Waals surface area contributed by atoms with E-state index in [1.54, 1.807) is 37.3 Å². The number of hydrogen-bond donors (Lipinski definition) is 3. The van der Waals surface area contributed by atoms with Crippen LogP contribution >= 0.6 is 12.2 Å². The average molecular weight is 473 g/mol. The van der Waals surface area contributed by atoms with Gasteiger partial charge in [-0.2, -0.15) is 13.2 Å². The molecule has 0 saturated carbocycles. The molecule has 1 unspecified atom stereocenters. The number of rotatable bonds is 4. The van der Waals surface area contributed by atoms with E-state index in [1.165, 1.54) is 18.2 Å². The van der Waals surface area contributed by atoms with Gasteiger partial charge >= 0.3 is 12.1 Å². The molecule has 4 rings (SSSR count). The number of hydrogen-bond acceptors (Lipinski definition) is 5. The van der Waals surface area contributed by atoms with E-state index in [9.17, 15) is 22.8 Å². The zero-order valence-electron chi connectivity index (χ0n) is 17.2. The van der Waals surface area contributed by atoms with Crippen LogP contribution in [-0.2, 0) is 15.7 Å². The molecule has 0 radical (unpaired) electrons. The molecule has 2 aromatic carbocycles. The maximum Gasteiger partial charge on any atom is 0.416 e. The zero-order chi connectivity index (χ0) is 23.8. The molecule has 170 valence electrons. The van der Waals surface area contributed by atoms with Crippen LogP contribution < -0.4 is 10.9 Å². The van der Waals surface area contributed by atoms with Crippen LogP contribution in [0.25, 0.3) is 5.70 Å². The number of carbonyl (C=O) groups excluding carboxylic acids is 1. The van der Waals surface area contributed by atoms with Crippen LogP contribution in [0, 0.1) is 4.77 Å². The first-order valence-corrected chi connectivity index (χ1v) is 10.4. The first-order chi connectivity index (χ1) is 15.7.